The standard InChI is InChI=1S/C7H15NO4/c1-3-7(4-2,5-9)6-12-8(10)11/h9H,3-6H2,1-2H3. The third-order valence-electron chi connectivity index (χ3n) is 2.31. The minimum atomic E-state index is -0.824. The van der Waals surface area contributed by atoms with Gasteiger partial charge in [0.1, 0.15) is 6.61 Å². The van der Waals surface area contributed by atoms with Crippen LogP contribution in [0.25, 0.3) is 0 Å². The predicted molar refractivity (Wildman–Crippen MR) is 43.0 cm³/mol. The zero-order valence-corrected chi connectivity index (χ0v) is 7.45. The first kappa shape index (κ1) is 11.2. The molecule has 0 atom stereocenters. The third kappa shape index (κ3) is 3.04. The second-order valence-electron chi connectivity index (χ2n) is 2.86. The van der Waals surface area contributed by atoms with Crippen molar-refractivity contribution in [2.45, 2.75) is 26.7 Å². The molecule has 5 heteroatoms. The van der Waals surface area contributed by atoms with Crippen molar-refractivity contribution in [3.05, 3.63) is 10.1 Å². The molecule has 0 saturated heterocycles. The fraction of sp³-hybridized carbons (Fsp3) is 1.00. The first-order chi connectivity index (χ1) is 5.60. The lowest BCUT2D eigenvalue weighted by Gasteiger charge is -2.27. The van der Waals surface area contributed by atoms with Crippen LogP contribution in [0, 0.1) is 15.5 Å². The maximum absolute atomic E-state index is 9.90. The highest BCUT2D eigenvalue weighted by Gasteiger charge is 2.26. The Balaban J connectivity index is 4.01. The first-order valence-electron chi connectivity index (χ1n) is 3.98. The Hall–Kier alpha value is -0.840. The second kappa shape index (κ2) is 4.92. The van der Waals surface area contributed by atoms with E-state index in [2.05, 4.69) is 4.84 Å². The van der Waals surface area contributed by atoms with Crippen LogP contribution in [0.2, 0.25) is 0 Å². The molecule has 0 saturated carbocycles. The summed E-state index contributed by atoms with van der Waals surface area (Å²) >= 11 is 0. The van der Waals surface area contributed by atoms with E-state index in [1.807, 2.05) is 13.8 Å². The normalized spacial score (nSPS) is 11.2. The van der Waals surface area contributed by atoms with Gasteiger partial charge in [-0.15, -0.1) is 10.1 Å². The van der Waals surface area contributed by atoms with Gasteiger partial charge in [-0.2, -0.15) is 0 Å². The number of hydrogen-bond donors (Lipinski definition) is 1. The van der Waals surface area contributed by atoms with Crippen LogP contribution in [-0.4, -0.2) is 23.4 Å². The van der Waals surface area contributed by atoms with Crippen molar-refractivity contribution in [2.24, 2.45) is 5.41 Å². The van der Waals surface area contributed by atoms with Gasteiger partial charge in [-0.25, -0.2) is 0 Å². The van der Waals surface area contributed by atoms with Crippen LogP contribution < -0.4 is 0 Å². The lowest BCUT2D eigenvalue weighted by atomic mass is 9.84. The van der Waals surface area contributed by atoms with Gasteiger partial charge >= 0.3 is 0 Å². The smallest absolute Gasteiger partial charge is 0.294 e. The highest BCUT2D eigenvalue weighted by atomic mass is 16.9. The van der Waals surface area contributed by atoms with Crippen molar-refractivity contribution in [3.63, 3.8) is 0 Å². The molecule has 0 amide bonds. The summed E-state index contributed by atoms with van der Waals surface area (Å²) in [6, 6.07) is 0. The Morgan fingerprint density at radius 2 is 2.00 bits per heavy atom. The van der Waals surface area contributed by atoms with Crippen LogP contribution >= 0.6 is 0 Å². The van der Waals surface area contributed by atoms with Gasteiger partial charge in [0.05, 0.1) is 6.61 Å². The Morgan fingerprint density at radius 3 is 2.25 bits per heavy atom. The number of nitrogens with zero attached hydrogens (tertiary/aromatic N) is 1. The number of aliphatic hydroxyl groups excluding tert-OH is 1. The van der Waals surface area contributed by atoms with E-state index in [1.165, 1.54) is 0 Å². The Morgan fingerprint density at radius 1 is 1.50 bits per heavy atom. The Labute approximate surface area is 71.4 Å². The van der Waals surface area contributed by atoms with E-state index in [1.54, 1.807) is 0 Å². The number of rotatable bonds is 6. The SMILES string of the molecule is CCC(CC)(CO)CO[N+](=O)[O-]. The van der Waals surface area contributed by atoms with E-state index in [0.717, 1.165) is 0 Å². The van der Waals surface area contributed by atoms with Crippen LogP contribution in [0.1, 0.15) is 26.7 Å². The molecule has 0 aromatic heterocycles. The van der Waals surface area contributed by atoms with Crippen molar-refractivity contribution in [1.82, 2.24) is 0 Å². The van der Waals surface area contributed by atoms with E-state index in [9.17, 15) is 10.1 Å². The molecule has 0 aromatic carbocycles. The molecular weight excluding hydrogens is 162 g/mol. The second-order valence-corrected chi connectivity index (χ2v) is 2.86. The van der Waals surface area contributed by atoms with Gasteiger partial charge in [0.15, 0.2) is 0 Å². The van der Waals surface area contributed by atoms with Crippen LogP contribution in [0.4, 0.5) is 0 Å². The van der Waals surface area contributed by atoms with E-state index in [4.69, 9.17) is 5.11 Å². The molecule has 0 radical (unpaired) electrons. The molecule has 12 heavy (non-hydrogen) atoms. The molecule has 0 heterocycles. The zero-order valence-electron chi connectivity index (χ0n) is 7.45. The van der Waals surface area contributed by atoms with Gasteiger partial charge in [0.2, 0.25) is 0 Å². The van der Waals surface area contributed by atoms with Gasteiger partial charge in [-0.3, -0.25) is 0 Å². The molecular formula is C7H15NO4. The summed E-state index contributed by atoms with van der Waals surface area (Å²) in [7, 11) is 0. The van der Waals surface area contributed by atoms with E-state index >= 15 is 0 Å². The molecule has 0 aromatic rings. The van der Waals surface area contributed by atoms with Crippen molar-refractivity contribution < 1.29 is 15.0 Å². The average Bonchev–Trinajstić information content (AvgIpc) is 2.08. The fourth-order valence-corrected chi connectivity index (χ4v) is 0.913. The van der Waals surface area contributed by atoms with Gasteiger partial charge < -0.3 is 9.94 Å². The summed E-state index contributed by atoms with van der Waals surface area (Å²) < 4.78 is 0. The van der Waals surface area contributed by atoms with Crippen LogP contribution in [0.15, 0.2) is 0 Å². The van der Waals surface area contributed by atoms with Crippen molar-refractivity contribution in [3.8, 4) is 0 Å². The number of hydrogen-bond acceptors (Lipinski definition) is 4. The fourth-order valence-electron chi connectivity index (χ4n) is 0.913. The highest BCUT2D eigenvalue weighted by molar-refractivity contribution is 4.74. The Bertz CT molecular complexity index is 136. The molecule has 72 valence electrons. The summed E-state index contributed by atoms with van der Waals surface area (Å²) in [6.45, 7) is 3.66. The Kier molecular flexibility index (Phi) is 4.58. The van der Waals surface area contributed by atoms with Crippen molar-refractivity contribution in [2.75, 3.05) is 13.2 Å². The first-order valence-corrected chi connectivity index (χ1v) is 3.98. The molecule has 0 unspecified atom stereocenters. The minimum Gasteiger partial charge on any atom is -0.396 e. The zero-order chi connectivity index (χ0) is 9.61. The van der Waals surface area contributed by atoms with Crippen LogP contribution in [0.3, 0.4) is 0 Å². The van der Waals surface area contributed by atoms with E-state index in [-0.39, 0.29) is 13.2 Å². The lowest BCUT2D eigenvalue weighted by molar-refractivity contribution is -0.761. The van der Waals surface area contributed by atoms with Gasteiger partial charge in [0, 0.05) is 5.41 Å². The predicted octanol–water partition coefficient (Wildman–Crippen LogP) is 0.993. The van der Waals surface area contributed by atoms with Gasteiger partial charge in [-0.05, 0) is 12.8 Å². The molecule has 0 bridgehead atoms. The largest absolute Gasteiger partial charge is 0.396 e. The summed E-state index contributed by atoms with van der Waals surface area (Å²) in [5, 5.41) is 18.1. The molecule has 0 spiro atoms. The third-order valence-corrected chi connectivity index (χ3v) is 2.31. The van der Waals surface area contributed by atoms with E-state index in [0.29, 0.717) is 12.8 Å². The van der Waals surface area contributed by atoms with Gasteiger partial charge in [-0.1, -0.05) is 13.8 Å². The van der Waals surface area contributed by atoms with Crippen molar-refractivity contribution in [1.29, 1.82) is 0 Å². The van der Waals surface area contributed by atoms with E-state index < -0.39 is 10.5 Å². The van der Waals surface area contributed by atoms with Crippen molar-refractivity contribution >= 4 is 0 Å². The average molecular weight is 177 g/mol. The summed E-state index contributed by atoms with van der Waals surface area (Å²) in [6.07, 6.45) is 1.35. The lowest BCUT2D eigenvalue weighted by Crippen LogP contribution is -2.30. The summed E-state index contributed by atoms with van der Waals surface area (Å²) in [4.78, 5) is 14.1. The van der Waals surface area contributed by atoms with Crippen LogP contribution in [0.5, 0.6) is 0 Å². The maximum atomic E-state index is 9.90. The molecule has 0 fully saturated rings. The van der Waals surface area contributed by atoms with Gasteiger partial charge in [0.25, 0.3) is 5.09 Å². The molecule has 1 N–H and O–H groups in total. The highest BCUT2D eigenvalue weighted by Crippen LogP contribution is 2.25. The molecule has 0 aliphatic carbocycles. The minimum absolute atomic E-state index is 0.0243. The quantitative estimate of drug-likeness (QED) is 0.485. The molecule has 0 rings (SSSR count). The monoisotopic (exact) mass is 177 g/mol. The molecule has 0 aliphatic rings. The molecule has 0 aliphatic heterocycles. The summed E-state index contributed by atoms with van der Waals surface area (Å²) in [5.41, 5.74) is -0.451. The molecule has 5 nitrogen and oxygen atoms in total. The van der Waals surface area contributed by atoms with Crippen LogP contribution in [-0.2, 0) is 4.84 Å². The summed E-state index contributed by atoms with van der Waals surface area (Å²) in [5.74, 6) is 0. The number of aliphatic hydroxyl groups is 1. The topological polar surface area (TPSA) is 72.6 Å². The maximum Gasteiger partial charge on any atom is 0.294 e.